The molecule has 0 amide bonds. The third-order valence-corrected chi connectivity index (χ3v) is 2.75. The largest absolute Gasteiger partial charge is 0.197 e. The van der Waals surface area contributed by atoms with Crippen LogP contribution >= 0.6 is 11.8 Å². The fourth-order valence-corrected chi connectivity index (χ4v) is 1.87. The molecule has 1 nitrogen and oxygen atoms in total. The van der Waals surface area contributed by atoms with Gasteiger partial charge in [0.2, 0.25) is 0 Å². The summed E-state index contributed by atoms with van der Waals surface area (Å²) < 4.78 is 0. The van der Waals surface area contributed by atoms with E-state index in [-0.39, 0.29) is 0 Å². The quantitative estimate of drug-likeness (QED) is 0.702. The number of hydrogen-bond donors (Lipinski definition) is 0. The summed E-state index contributed by atoms with van der Waals surface area (Å²) in [6.07, 6.45) is 1.13. The Morgan fingerprint density at radius 2 is 1.93 bits per heavy atom. The van der Waals surface area contributed by atoms with Gasteiger partial charge in [-0.25, -0.2) is 0 Å². The molecular formula is C12H15NS. The molecular weight excluding hydrogens is 190 g/mol. The third kappa shape index (κ3) is 3.85. The van der Waals surface area contributed by atoms with Crippen LogP contribution in [0.3, 0.4) is 0 Å². The summed E-state index contributed by atoms with van der Waals surface area (Å²) in [7, 11) is 0. The van der Waals surface area contributed by atoms with Crippen molar-refractivity contribution in [2.24, 2.45) is 5.92 Å². The molecule has 0 aliphatic carbocycles. The minimum atomic E-state index is 0.531. The van der Waals surface area contributed by atoms with E-state index < -0.39 is 0 Å². The average molecular weight is 205 g/mol. The smallest absolute Gasteiger partial charge is 0.0855 e. The van der Waals surface area contributed by atoms with Crippen molar-refractivity contribution in [3.63, 3.8) is 0 Å². The molecule has 1 aromatic carbocycles. The molecule has 0 atom stereocenters. The Bertz CT molecular complexity index is 308. The molecule has 1 rings (SSSR count). The van der Waals surface area contributed by atoms with Crippen molar-refractivity contribution in [1.29, 1.82) is 5.26 Å². The Labute approximate surface area is 90.1 Å². The lowest BCUT2D eigenvalue weighted by Crippen LogP contribution is -1.93. The summed E-state index contributed by atoms with van der Waals surface area (Å²) >= 11 is 1.59. The van der Waals surface area contributed by atoms with Gasteiger partial charge in [-0.1, -0.05) is 26.0 Å². The zero-order valence-electron chi connectivity index (χ0n) is 8.66. The molecule has 2 heteroatoms. The van der Waals surface area contributed by atoms with Crippen LogP contribution in [-0.2, 0) is 6.42 Å². The summed E-state index contributed by atoms with van der Waals surface area (Å²) in [6, 6.07) is 10.6. The second-order valence-corrected chi connectivity index (χ2v) is 4.74. The third-order valence-electron chi connectivity index (χ3n) is 1.87. The molecule has 74 valence electrons. The molecule has 14 heavy (non-hydrogen) atoms. The van der Waals surface area contributed by atoms with Gasteiger partial charge in [0.1, 0.15) is 0 Å². The van der Waals surface area contributed by atoms with Crippen LogP contribution < -0.4 is 0 Å². The first-order valence-corrected chi connectivity index (χ1v) is 5.79. The minimum absolute atomic E-state index is 0.531. The lowest BCUT2D eigenvalue weighted by molar-refractivity contribution is 0.647. The highest BCUT2D eigenvalue weighted by molar-refractivity contribution is 7.99. The maximum Gasteiger partial charge on any atom is 0.0855 e. The number of thioether (sulfide) groups is 1. The second-order valence-electron chi connectivity index (χ2n) is 3.69. The predicted molar refractivity (Wildman–Crippen MR) is 61.3 cm³/mol. The van der Waals surface area contributed by atoms with E-state index in [1.165, 1.54) is 10.5 Å². The van der Waals surface area contributed by atoms with Crippen molar-refractivity contribution in [2.75, 3.05) is 5.75 Å². The van der Waals surface area contributed by atoms with Gasteiger partial charge >= 0.3 is 0 Å². The molecule has 0 saturated heterocycles. The van der Waals surface area contributed by atoms with Gasteiger partial charge in [-0.3, -0.25) is 0 Å². The molecule has 0 aromatic heterocycles. The zero-order chi connectivity index (χ0) is 10.4. The van der Waals surface area contributed by atoms with E-state index in [1.807, 2.05) is 0 Å². The van der Waals surface area contributed by atoms with E-state index in [1.54, 1.807) is 11.8 Å². The molecule has 0 N–H and O–H groups in total. The lowest BCUT2D eigenvalue weighted by atomic mass is 10.0. The molecule has 0 aliphatic rings. The number of benzene rings is 1. The first-order chi connectivity index (χ1) is 6.72. The topological polar surface area (TPSA) is 23.8 Å². The summed E-state index contributed by atoms with van der Waals surface area (Å²) in [5.74, 6) is 1.23. The van der Waals surface area contributed by atoms with Crippen molar-refractivity contribution in [3.05, 3.63) is 29.8 Å². The van der Waals surface area contributed by atoms with E-state index in [0.29, 0.717) is 11.7 Å². The van der Waals surface area contributed by atoms with E-state index in [4.69, 9.17) is 5.26 Å². The van der Waals surface area contributed by atoms with Crippen molar-refractivity contribution in [2.45, 2.75) is 25.2 Å². The zero-order valence-corrected chi connectivity index (χ0v) is 9.47. The highest BCUT2D eigenvalue weighted by Crippen LogP contribution is 2.18. The number of nitriles is 1. The Kier molecular flexibility index (Phi) is 4.55. The summed E-state index contributed by atoms with van der Waals surface area (Å²) in [6.45, 7) is 4.44. The van der Waals surface area contributed by atoms with Crippen LogP contribution in [-0.4, -0.2) is 5.75 Å². The van der Waals surface area contributed by atoms with Gasteiger partial charge in [0.05, 0.1) is 11.8 Å². The van der Waals surface area contributed by atoms with Gasteiger partial charge in [0, 0.05) is 4.90 Å². The molecule has 0 saturated carbocycles. The van der Waals surface area contributed by atoms with Gasteiger partial charge in [0.15, 0.2) is 0 Å². The number of nitrogens with zero attached hydrogens (tertiary/aromatic N) is 1. The maximum atomic E-state index is 8.43. The van der Waals surface area contributed by atoms with Crippen molar-refractivity contribution in [1.82, 2.24) is 0 Å². The van der Waals surface area contributed by atoms with Gasteiger partial charge < -0.3 is 0 Å². The number of rotatable bonds is 4. The van der Waals surface area contributed by atoms with Gasteiger partial charge in [-0.05, 0) is 30.0 Å². The highest BCUT2D eigenvalue weighted by atomic mass is 32.2. The van der Waals surface area contributed by atoms with Crippen LogP contribution in [0.15, 0.2) is 29.2 Å². The maximum absolute atomic E-state index is 8.43. The molecule has 0 fully saturated rings. The summed E-state index contributed by atoms with van der Waals surface area (Å²) in [5, 5.41) is 8.43. The lowest BCUT2D eigenvalue weighted by Gasteiger charge is -2.05. The molecule has 0 aliphatic heterocycles. The first-order valence-electron chi connectivity index (χ1n) is 4.81. The van der Waals surface area contributed by atoms with Crippen LogP contribution in [0.5, 0.6) is 0 Å². The Hall–Kier alpha value is -0.940. The monoisotopic (exact) mass is 205 g/mol. The van der Waals surface area contributed by atoms with Crippen molar-refractivity contribution < 1.29 is 0 Å². The van der Waals surface area contributed by atoms with Gasteiger partial charge in [-0.2, -0.15) is 5.26 Å². The molecule has 1 aromatic rings. The van der Waals surface area contributed by atoms with E-state index in [2.05, 4.69) is 44.2 Å². The molecule has 0 radical (unpaired) electrons. The van der Waals surface area contributed by atoms with Crippen LogP contribution in [0.25, 0.3) is 0 Å². The fourth-order valence-electron chi connectivity index (χ4n) is 1.31. The fraction of sp³-hybridized carbons (Fsp3) is 0.417. The summed E-state index contributed by atoms with van der Waals surface area (Å²) in [5.41, 5.74) is 1.38. The Balaban J connectivity index is 2.56. The molecule has 0 unspecified atom stereocenters. The minimum Gasteiger partial charge on any atom is -0.197 e. The van der Waals surface area contributed by atoms with Crippen LogP contribution in [0.4, 0.5) is 0 Å². The summed E-state index contributed by atoms with van der Waals surface area (Å²) in [4.78, 5) is 1.18. The van der Waals surface area contributed by atoms with Crippen LogP contribution in [0.2, 0.25) is 0 Å². The normalized spacial score (nSPS) is 10.1. The van der Waals surface area contributed by atoms with Gasteiger partial charge in [0.25, 0.3) is 0 Å². The number of hydrogen-bond acceptors (Lipinski definition) is 2. The average Bonchev–Trinajstić information content (AvgIpc) is 2.16. The standard InChI is InChI=1S/C12H15NS/c1-10(2)9-11-3-5-12(6-4-11)14-8-7-13/h3-6,10H,8-9H2,1-2H3. The SMILES string of the molecule is CC(C)Cc1ccc(SCC#N)cc1. The van der Waals surface area contributed by atoms with Crippen LogP contribution in [0, 0.1) is 17.2 Å². The second kappa shape index (κ2) is 5.72. The van der Waals surface area contributed by atoms with Crippen molar-refractivity contribution >= 4 is 11.8 Å². The highest BCUT2D eigenvalue weighted by Gasteiger charge is 1.98. The van der Waals surface area contributed by atoms with E-state index >= 15 is 0 Å². The first kappa shape index (κ1) is 11.1. The van der Waals surface area contributed by atoms with E-state index in [0.717, 1.165) is 6.42 Å². The van der Waals surface area contributed by atoms with E-state index in [9.17, 15) is 0 Å². The Morgan fingerprint density at radius 3 is 2.43 bits per heavy atom. The van der Waals surface area contributed by atoms with Crippen LogP contribution in [0.1, 0.15) is 19.4 Å². The van der Waals surface area contributed by atoms with Gasteiger partial charge in [-0.15, -0.1) is 11.8 Å². The Morgan fingerprint density at radius 1 is 1.29 bits per heavy atom. The molecule has 0 bridgehead atoms. The predicted octanol–water partition coefficient (Wildman–Crippen LogP) is 3.50. The molecule has 0 heterocycles. The van der Waals surface area contributed by atoms with Crippen molar-refractivity contribution in [3.8, 4) is 6.07 Å². The molecule has 0 spiro atoms.